The number of hydrogen-bond acceptors (Lipinski definition) is 2. The summed E-state index contributed by atoms with van der Waals surface area (Å²) in [6.07, 6.45) is 0.389. The fourth-order valence-corrected chi connectivity index (χ4v) is 2.14. The van der Waals surface area contributed by atoms with E-state index in [1.807, 2.05) is 13.8 Å². The molecular formula is C14H14Cl2N2O. The molecule has 0 saturated carbocycles. The number of benzene rings is 1. The largest absolute Gasteiger partial charge is 0.294 e. The van der Waals surface area contributed by atoms with Crippen LogP contribution in [0.2, 0.25) is 10.0 Å². The smallest absolute Gasteiger partial charge is 0.164 e. The van der Waals surface area contributed by atoms with E-state index in [-0.39, 0.29) is 5.78 Å². The summed E-state index contributed by atoms with van der Waals surface area (Å²) in [7, 11) is 0. The molecule has 0 saturated heterocycles. The van der Waals surface area contributed by atoms with Gasteiger partial charge >= 0.3 is 0 Å². The van der Waals surface area contributed by atoms with Gasteiger partial charge in [-0.05, 0) is 38.1 Å². The van der Waals surface area contributed by atoms with Gasteiger partial charge in [0.05, 0.1) is 16.4 Å². The highest BCUT2D eigenvalue weighted by atomic mass is 35.5. The SMILES string of the molecule is Cc1nn(CCC(=O)c2ccc(Cl)cc2)c(C)c1Cl. The molecule has 2 rings (SSSR count). The van der Waals surface area contributed by atoms with Crippen molar-refractivity contribution in [3.05, 3.63) is 51.3 Å². The van der Waals surface area contributed by atoms with E-state index in [0.29, 0.717) is 28.6 Å². The Morgan fingerprint density at radius 2 is 1.84 bits per heavy atom. The zero-order valence-corrected chi connectivity index (χ0v) is 12.3. The number of aromatic nitrogens is 2. The number of nitrogens with zero attached hydrogens (tertiary/aromatic N) is 2. The second-order valence-electron chi connectivity index (χ2n) is 4.39. The fraction of sp³-hybridized carbons (Fsp3) is 0.286. The van der Waals surface area contributed by atoms with Crippen LogP contribution in [0.3, 0.4) is 0 Å². The fourth-order valence-electron chi connectivity index (χ4n) is 1.88. The first kappa shape index (κ1) is 14.1. The average molecular weight is 297 g/mol. The summed E-state index contributed by atoms with van der Waals surface area (Å²) < 4.78 is 1.77. The number of Topliss-reactive ketones (excluding diaryl/α,β-unsaturated/α-hetero) is 1. The lowest BCUT2D eigenvalue weighted by Crippen LogP contribution is -2.08. The second kappa shape index (κ2) is 5.76. The second-order valence-corrected chi connectivity index (χ2v) is 5.20. The van der Waals surface area contributed by atoms with Gasteiger partial charge in [0.25, 0.3) is 0 Å². The molecule has 0 atom stereocenters. The standard InChI is InChI=1S/C14H14Cl2N2O/c1-9-14(16)10(2)18(17-9)8-7-13(19)11-3-5-12(15)6-4-11/h3-6H,7-8H2,1-2H3. The van der Waals surface area contributed by atoms with Gasteiger partial charge in [-0.1, -0.05) is 23.2 Å². The van der Waals surface area contributed by atoms with Crippen LogP contribution in [0, 0.1) is 13.8 Å². The molecule has 0 aliphatic carbocycles. The Morgan fingerprint density at radius 1 is 1.21 bits per heavy atom. The lowest BCUT2D eigenvalue weighted by Gasteiger charge is -2.04. The Balaban J connectivity index is 2.04. The predicted molar refractivity (Wildman–Crippen MR) is 77.1 cm³/mol. The van der Waals surface area contributed by atoms with E-state index in [4.69, 9.17) is 23.2 Å². The third kappa shape index (κ3) is 3.17. The Bertz CT molecular complexity index is 603. The molecule has 0 spiro atoms. The summed E-state index contributed by atoms with van der Waals surface area (Å²) in [4.78, 5) is 12.0. The minimum Gasteiger partial charge on any atom is -0.294 e. The summed E-state index contributed by atoms with van der Waals surface area (Å²) in [5, 5.41) is 5.59. The third-order valence-corrected chi connectivity index (χ3v) is 3.81. The van der Waals surface area contributed by atoms with E-state index in [2.05, 4.69) is 5.10 Å². The van der Waals surface area contributed by atoms with Crippen LogP contribution in [-0.4, -0.2) is 15.6 Å². The first-order valence-electron chi connectivity index (χ1n) is 5.97. The van der Waals surface area contributed by atoms with Gasteiger partial charge in [0.1, 0.15) is 0 Å². The Labute approximate surface area is 122 Å². The maximum absolute atomic E-state index is 12.0. The van der Waals surface area contributed by atoms with Crippen LogP contribution < -0.4 is 0 Å². The molecule has 19 heavy (non-hydrogen) atoms. The summed E-state index contributed by atoms with van der Waals surface area (Å²) in [5.41, 5.74) is 2.35. The predicted octanol–water partition coefficient (Wildman–Crippen LogP) is 4.08. The molecule has 0 fully saturated rings. The van der Waals surface area contributed by atoms with E-state index < -0.39 is 0 Å². The van der Waals surface area contributed by atoms with Crippen LogP contribution >= 0.6 is 23.2 Å². The highest BCUT2D eigenvalue weighted by Gasteiger charge is 2.11. The molecule has 0 N–H and O–H groups in total. The maximum atomic E-state index is 12.0. The van der Waals surface area contributed by atoms with E-state index in [1.54, 1.807) is 28.9 Å². The van der Waals surface area contributed by atoms with Gasteiger partial charge in [0, 0.05) is 23.6 Å². The average Bonchev–Trinajstić information content (AvgIpc) is 2.64. The molecule has 0 aliphatic heterocycles. The number of ketones is 1. The molecule has 1 heterocycles. The lowest BCUT2D eigenvalue weighted by molar-refractivity contribution is 0.0975. The van der Waals surface area contributed by atoms with Crippen molar-refractivity contribution in [1.82, 2.24) is 9.78 Å². The van der Waals surface area contributed by atoms with Gasteiger partial charge in [0.15, 0.2) is 5.78 Å². The summed E-state index contributed by atoms with van der Waals surface area (Å²) in [6, 6.07) is 6.90. The van der Waals surface area contributed by atoms with Crippen molar-refractivity contribution >= 4 is 29.0 Å². The van der Waals surface area contributed by atoms with Crippen LogP contribution in [0.25, 0.3) is 0 Å². The number of carbonyl (C=O) groups excluding carboxylic acids is 1. The molecule has 0 unspecified atom stereocenters. The van der Waals surface area contributed by atoms with Crippen LogP contribution in [-0.2, 0) is 6.54 Å². The Morgan fingerprint density at radius 3 is 2.37 bits per heavy atom. The van der Waals surface area contributed by atoms with E-state index in [0.717, 1.165) is 11.4 Å². The first-order chi connectivity index (χ1) is 8.99. The first-order valence-corrected chi connectivity index (χ1v) is 6.73. The van der Waals surface area contributed by atoms with E-state index in [1.165, 1.54) is 0 Å². The lowest BCUT2D eigenvalue weighted by atomic mass is 10.1. The molecule has 3 nitrogen and oxygen atoms in total. The quantitative estimate of drug-likeness (QED) is 0.797. The monoisotopic (exact) mass is 296 g/mol. The Hall–Kier alpha value is -1.32. The van der Waals surface area contributed by atoms with Crippen LogP contribution in [0.1, 0.15) is 28.2 Å². The number of aryl methyl sites for hydroxylation is 2. The molecule has 0 radical (unpaired) electrons. The number of carbonyl (C=O) groups is 1. The minimum atomic E-state index is 0.0698. The highest BCUT2D eigenvalue weighted by Crippen LogP contribution is 2.19. The van der Waals surface area contributed by atoms with E-state index >= 15 is 0 Å². The third-order valence-electron chi connectivity index (χ3n) is 3.01. The number of hydrogen-bond donors (Lipinski definition) is 0. The van der Waals surface area contributed by atoms with Gasteiger partial charge in [0.2, 0.25) is 0 Å². The van der Waals surface area contributed by atoms with Crippen LogP contribution in [0.15, 0.2) is 24.3 Å². The molecular weight excluding hydrogens is 283 g/mol. The zero-order chi connectivity index (χ0) is 14.0. The maximum Gasteiger partial charge on any atom is 0.164 e. The van der Waals surface area contributed by atoms with Crippen molar-refractivity contribution in [1.29, 1.82) is 0 Å². The van der Waals surface area contributed by atoms with Crippen molar-refractivity contribution in [2.45, 2.75) is 26.8 Å². The molecule has 100 valence electrons. The number of rotatable bonds is 4. The van der Waals surface area contributed by atoms with Gasteiger partial charge in [-0.3, -0.25) is 9.48 Å². The van der Waals surface area contributed by atoms with Gasteiger partial charge in [-0.2, -0.15) is 5.10 Å². The molecule has 1 aromatic heterocycles. The van der Waals surface area contributed by atoms with Crippen molar-refractivity contribution < 1.29 is 4.79 Å². The summed E-state index contributed by atoms with van der Waals surface area (Å²) in [5.74, 6) is 0.0698. The van der Waals surface area contributed by atoms with Crippen molar-refractivity contribution in [2.75, 3.05) is 0 Å². The van der Waals surface area contributed by atoms with Crippen molar-refractivity contribution in [2.24, 2.45) is 0 Å². The molecule has 0 bridgehead atoms. The molecule has 2 aromatic rings. The topological polar surface area (TPSA) is 34.9 Å². The number of halogens is 2. The van der Waals surface area contributed by atoms with Crippen LogP contribution in [0.5, 0.6) is 0 Å². The normalized spacial score (nSPS) is 10.7. The van der Waals surface area contributed by atoms with Gasteiger partial charge in [-0.15, -0.1) is 0 Å². The molecule has 5 heteroatoms. The summed E-state index contributed by atoms with van der Waals surface area (Å²) >= 11 is 11.9. The Kier molecular flexibility index (Phi) is 4.27. The van der Waals surface area contributed by atoms with Crippen molar-refractivity contribution in [3.63, 3.8) is 0 Å². The van der Waals surface area contributed by atoms with Crippen molar-refractivity contribution in [3.8, 4) is 0 Å². The van der Waals surface area contributed by atoms with Gasteiger partial charge < -0.3 is 0 Å². The highest BCUT2D eigenvalue weighted by molar-refractivity contribution is 6.31. The van der Waals surface area contributed by atoms with E-state index in [9.17, 15) is 4.79 Å². The molecule has 0 amide bonds. The van der Waals surface area contributed by atoms with Gasteiger partial charge in [-0.25, -0.2) is 0 Å². The minimum absolute atomic E-state index is 0.0698. The molecule has 1 aromatic carbocycles. The van der Waals surface area contributed by atoms with Crippen LogP contribution in [0.4, 0.5) is 0 Å². The summed E-state index contributed by atoms with van der Waals surface area (Å²) in [6.45, 7) is 4.28. The molecule has 0 aliphatic rings. The zero-order valence-electron chi connectivity index (χ0n) is 10.8.